The molecule has 0 spiro atoms. The van der Waals surface area contributed by atoms with Crippen LogP contribution in [0, 0.1) is 0 Å². The van der Waals surface area contributed by atoms with Crippen molar-refractivity contribution in [1.82, 2.24) is 9.80 Å². The van der Waals surface area contributed by atoms with Crippen LogP contribution in [0.2, 0.25) is 0 Å². The number of amides is 1. The fourth-order valence-corrected chi connectivity index (χ4v) is 1.90. The van der Waals surface area contributed by atoms with Gasteiger partial charge in [0.1, 0.15) is 0 Å². The normalized spacial score (nSPS) is 20.7. The number of rotatable bonds is 0. The quantitative estimate of drug-likeness (QED) is 0.586. The molecule has 82 valence electrons. The molecule has 0 atom stereocenters. The van der Waals surface area contributed by atoms with Crippen molar-refractivity contribution in [2.75, 3.05) is 26.2 Å². The molecule has 0 bridgehead atoms. The standard InChI is InChI=1S/C11H22N2O/c1-10(14)12-6-5-7-13(9-8-12)11(2,3)4/h5-9H2,1-4H3. The van der Waals surface area contributed by atoms with Crippen LogP contribution in [-0.4, -0.2) is 47.4 Å². The molecule has 1 heterocycles. The van der Waals surface area contributed by atoms with Crippen molar-refractivity contribution in [1.29, 1.82) is 0 Å². The maximum atomic E-state index is 11.2. The Labute approximate surface area is 87.1 Å². The minimum Gasteiger partial charge on any atom is -0.342 e. The molecule has 0 radical (unpaired) electrons. The van der Waals surface area contributed by atoms with Crippen LogP contribution in [0.25, 0.3) is 0 Å². The summed E-state index contributed by atoms with van der Waals surface area (Å²) in [6.45, 7) is 12.3. The lowest BCUT2D eigenvalue weighted by atomic mass is 10.1. The van der Waals surface area contributed by atoms with Crippen LogP contribution in [-0.2, 0) is 4.79 Å². The summed E-state index contributed by atoms with van der Waals surface area (Å²) in [6, 6.07) is 0. The van der Waals surface area contributed by atoms with Crippen molar-refractivity contribution in [3.05, 3.63) is 0 Å². The second kappa shape index (κ2) is 4.30. The molecule has 1 saturated heterocycles. The Bertz CT molecular complexity index is 208. The van der Waals surface area contributed by atoms with E-state index in [4.69, 9.17) is 0 Å². The predicted molar refractivity (Wildman–Crippen MR) is 58.2 cm³/mol. The lowest BCUT2D eigenvalue weighted by Gasteiger charge is -2.34. The number of nitrogens with zero attached hydrogens (tertiary/aromatic N) is 2. The Morgan fingerprint density at radius 1 is 1.07 bits per heavy atom. The van der Waals surface area contributed by atoms with Crippen LogP contribution in [0.15, 0.2) is 0 Å². The van der Waals surface area contributed by atoms with E-state index in [0.717, 1.165) is 32.6 Å². The van der Waals surface area contributed by atoms with Crippen LogP contribution in [0.4, 0.5) is 0 Å². The molecule has 1 fully saturated rings. The number of hydrogen-bond donors (Lipinski definition) is 0. The average Bonchev–Trinajstić information content (AvgIpc) is 2.26. The van der Waals surface area contributed by atoms with Crippen molar-refractivity contribution in [3.8, 4) is 0 Å². The van der Waals surface area contributed by atoms with Crippen LogP contribution in [0.3, 0.4) is 0 Å². The summed E-state index contributed by atoms with van der Waals surface area (Å²) in [5.74, 6) is 0.209. The van der Waals surface area contributed by atoms with Gasteiger partial charge in [0.05, 0.1) is 0 Å². The van der Waals surface area contributed by atoms with Gasteiger partial charge in [0.15, 0.2) is 0 Å². The monoisotopic (exact) mass is 198 g/mol. The van der Waals surface area contributed by atoms with Crippen LogP contribution in [0.1, 0.15) is 34.1 Å². The van der Waals surface area contributed by atoms with Gasteiger partial charge in [-0.1, -0.05) is 0 Å². The van der Waals surface area contributed by atoms with Crippen molar-refractivity contribution in [2.24, 2.45) is 0 Å². The molecule has 0 aromatic rings. The third-order valence-corrected chi connectivity index (χ3v) is 2.89. The molecule has 0 saturated carbocycles. The summed E-state index contributed by atoms with van der Waals surface area (Å²) in [6.07, 6.45) is 1.09. The number of hydrogen-bond acceptors (Lipinski definition) is 2. The van der Waals surface area contributed by atoms with Crippen molar-refractivity contribution in [2.45, 2.75) is 39.7 Å². The van der Waals surface area contributed by atoms with Crippen molar-refractivity contribution in [3.63, 3.8) is 0 Å². The van der Waals surface area contributed by atoms with E-state index >= 15 is 0 Å². The van der Waals surface area contributed by atoms with E-state index in [9.17, 15) is 4.79 Å². The number of carbonyl (C=O) groups excluding carboxylic acids is 1. The predicted octanol–water partition coefficient (Wildman–Crippen LogP) is 1.34. The van der Waals surface area contributed by atoms with E-state index in [1.54, 1.807) is 6.92 Å². The third-order valence-electron chi connectivity index (χ3n) is 2.89. The zero-order valence-electron chi connectivity index (χ0n) is 9.84. The molecular weight excluding hydrogens is 176 g/mol. The van der Waals surface area contributed by atoms with Crippen molar-refractivity contribution >= 4 is 5.91 Å². The maximum Gasteiger partial charge on any atom is 0.219 e. The fourth-order valence-electron chi connectivity index (χ4n) is 1.90. The highest BCUT2D eigenvalue weighted by atomic mass is 16.2. The van der Waals surface area contributed by atoms with Gasteiger partial charge < -0.3 is 4.90 Å². The molecule has 3 nitrogen and oxygen atoms in total. The van der Waals surface area contributed by atoms with Gasteiger partial charge in [0, 0.05) is 38.6 Å². The van der Waals surface area contributed by atoms with Crippen LogP contribution < -0.4 is 0 Å². The zero-order valence-corrected chi connectivity index (χ0v) is 9.84. The van der Waals surface area contributed by atoms with Gasteiger partial charge in [0.25, 0.3) is 0 Å². The summed E-state index contributed by atoms with van der Waals surface area (Å²) in [5.41, 5.74) is 0.229. The summed E-state index contributed by atoms with van der Waals surface area (Å²) >= 11 is 0. The second-order valence-electron chi connectivity index (χ2n) is 5.02. The summed E-state index contributed by atoms with van der Waals surface area (Å²) < 4.78 is 0. The summed E-state index contributed by atoms with van der Waals surface area (Å²) in [5, 5.41) is 0. The minimum absolute atomic E-state index is 0.209. The highest BCUT2D eigenvalue weighted by Gasteiger charge is 2.24. The Morgan fingerprint density at radius 2 is 1.71 bits per heavy atom. The molecule has 0 unspecified atom stereocenters. The average molecular weight is 198 g/mol. The Kier molecular flexibility index (Phi) is 3.53. The highest BCUT2D eigenvalue weighted by Crippen LogP contribution is 2.15. The number of carbonyl (C=O) groups is 1. The van der Waals surface area contributed by atoms with Gasteiger partial charge >= 0.3 is 0 Å². The molecule has 1 amide bonds. The van der Waals surface area contributed by atoms with Gasteiger partial charge in [-0.25, -0.2) is 0 Å². The molecule has 1 aliphatic heterocycles. The molecule has 0 N–H and O–H groups in total. The smallest absolute Gasteiger partial charge is 0.219 e. The molecule has 14 heavy (non-hydrogen) atoms. The molecule has 0 aromatic carbocycles. The SMILES string of the molecule is CC(=O)N1CCCN(C(C)(C)C)CC1. The fraction of sp³-hybridized carbons (Fsp3) is 0.909. The van der Waals surface area contributed by atoms with E-state index in [1.807, 2.05) is 4.90 Å². The minimum atomic E-state index is 0.209. The van der Waals surface area contributed by atoms with Gasteiger partial charge in [-0.2, -0.15) is 0 Å². The molecule has 0 aromatic heterocycles. The Balaban J connectivity index is 2.53. The summed E-state index contributed by atoms with van der Waals surface area (Å²) in [7, 11) is 0. The van der Waals surface area contributed by atoms with Gasteiger partial charge in [0.2, 0.25) is 5.91 Å². The van der Waals surface area contributed by atoms with E-state index in [-0.39, 0.29) is 11.4 Å². The first kappa shape index (κ1) is 11.5. The first-order valence-electron chi connectivity index (χ1n) is 5.42. The highest BCUT2D eigenvalue weighted by molar-refractivity contribution is 5.73. The summed E-state index contributed by atoms with van der Waals surface area (Å²) in [4.78, 5) is 15.6. The lowest BCUT2D eigenvalue weighted by molar-refractivity contribution is -0.128. The Hall–Kier alpha value is -0.570. The maximum absolute atomic E-state index is 11.2. The first-order valence-corrected chi connectivity index (χ1v) is 5.42. The molecule has 1 aliphatic rings. The largest absolute Gasteiger partial charge is 0.342 e. The Morgan fingerprint density at radius 3 is 2.21 bits per heavy atom. The van der Waals surface area contributed by atoms with Crippen molar-refractivity contribution < 1.29 is 4.79 Å². The molecular formula is C11H22N2O. The van der Waals surface area contributed by atoms with Gasteiger partial charge in [-0.05, 0) is 27.2 Å². The zero-order chi connectivity index (χ0) is 10.8. The molecule has 1 rings (SSSR count). The topological polar surface area (TPSA) is 23.6 Å². The molecule has 0 aliphatic carbocycles. The van der Waals surface area contributed by atoms with Gasteiger partial charge in [-0.15, -0.1) is 0 Å². The van der Waals surface area contributed by atoms with Gasteiger partial charge in [-0.3, -0.25) is 9.69 Å². The van der Waals surface area contributed by atoms with E-state index in [1.165, 1.54) is 0 Å². The first-order chi connectivity index (χ1) is 6.41. The van der Waals surface area contributed by atoms with E-state index in [0.29, 0.717) is 0 Å². The lowest BCUT2D eigenvalue weighted by Crippen LogP contribution is -2.43. The third kappa shape index (κ3) is 2.98. The van der Waals surface area contributed by atoms with E-state index < -0.39 is 0 Å². The molecule has 3 heteroatoms. The van der Waals surface area contributed by atoms with Crippen LogP contribution in [0.5, 0.6) is 0 Å². The van der Waals surface area contributed by atoms with E-state index in [2.05, 4.69) is 25.7 Å². The second-order valence-corrected chi connectivity index (χ2v) is 5.02. The van der Waals surface area contributed by atoms with Crippen LogP contribution >= 0.6 is 0 Å².